The van der Waals surface area contributed by atoms with E-state index < -0.39 is 0 Å². The number of amides is 1. The first-order valence-electron chi connectivity index (χ1n) is 7.81. The van der Waals surface area contributed by atoms with Crippen LogP contribution in [0.2, 0.25) is 0 Å². The molecule has 110 valence electrons. The Morgan fingerprint density at radius 1 is 1.00 bits per heavy atom. The van der Waals surface area contributed by atoms with Crippen LogP contribution < -0.4 is 0 Å². The fourth-order valence-electron chi connectivity index (χ4n) is 3.28. The Morgan fingerprint density at radius 2 is 1.58 bits per heavy atom. The summed E-state index contributed by atoms with van der Waals surface area (Å²) >= 11 is 0. The molecule has 0 radical (unpaired) electrons. The first-order chi connectivity index (χ1) is 9.17. The summed E-state index contributed by atoms with van der Waals surface area (Å²) in [5, 5.41) is 0. The minimum Gasteiger partial charge on any atom is -0.345 e. The van der Waals surface area contributed by atoms with Crippen LogP contribution in [0, 0.1) is 11.8 Å². The van der Waals surface area contributed by atoms with Crippen LogP contribution in [0.3, 0.4) is 0 Å². The highest BCUT2D eigenvalue weighted by molar-refractivity contribution is 5.47. The Labute approximate surface area is 117 Å². The summed E-state index contributed by atoms with van der Waals surface area (Å²) in [5.41, 5.74) is 0. The maximum absolute atomic E-state index is 10.7. The van der Waals surface area contributed by atoms with Crippen LogP contribution in [-0.2, 0) is 4.79 Å². The molecule has 2 heterocycles. The lowest BCUT2D eigenvalue weighted by molar-refractivity contribution is -0.119. The first kappa shape index (κ1) is 14.8. The second-order valence-corrected chi connectivity index (χ2v) is 6.58. The molecule has 0 saturated carbocycles. The van der Waals surface area contributed by atoms with Gasteiger partial charge in [0, 0.05) is 52.4 Å². The highest BCUT2D eigenvalue weighted by Crippen LogP contribution is 2.18. The molecule has 1 amide bonds. The third kappa shape index (κ3) is 4.77. The second-order valence-electron chi connectivity index (χ2n) is 6.58. The van der Waals surface area contributed by atoms with Crippen LogP contribution in [0.25, 0.3) is 0 Å². The Morgan fingerprint density at radius 3 is 2.11 bits per heavy atom. The fourth-order valence-corrected chi connectivity index (χ4v) is 3.28. The number of likely N-dealkylation sites (tertiary alicyclic amines) is 1. The van der Waals surface area contributed by atoms with Gasteiger partial charge in [0.1, 0.15) is 0 Å². The summed E-state index contributed by atoms with van der Waals surface area (Å²) in [4.78, 5) is 17.8. The average molecular weight is 267 g/mol. The molecule has 0 unspecified atom stereocenters. The summed E-state index contributed by atoms with van der Waals surface area (Å²) in [5.74, 6) is 1.58. The van der Waals surface area contributed by atoms with Gasteiger partial charge in [-0.3, -0.25) is 4.79 Å². The lowest BCUT2D eigenvalue weighted by Crippen LogP contribution is -2.49. The average Bonchev–Trinajstić information content (AvgIpc) is 2.41. The highest BCUT2D eigenvalue weighted by Gasteiger charge is 2.23. The van der Waals surface area contributed by atoms with E-state index in [9.17, 15) is 4.79 Å². The van der Waals surface area contributed by atoms with Gasteiger partial charge in [0.05, 0.1) is 0 Å². The standard InChI is InChI=1S/C15H29N3O/c1-14(2)11-16-7-9-17(10-8-16)12-15-3-5-18(13-19)6-4-15/h13-15H,3-12H2,1-2H3. The van der Waals surface area contributed by atoms with Crippen molar-refractivity contribution in [3.63, 3.8) is 0 Å². The Kier molecular flexibility index (Phi) is 5.64. The van der Waals surface area contributed by atoms with Crippen LogP contribution in [0.15, 0.2) is 0 Å². The van der Waals surface area contributed by atoms with Crippen molar-refractivity contribution in [2.45, 2.75) is 26.7 Å². The predicted octanol–water partition coefficient (Wildman–Crippen LogP) is 1.13. The van der Waals surface area contributed by atoms with E-state index in [0.717, 1.165) is 31.3 Å². The van der Waals surface area contributed by atoms with Gasteiger partial charge in [-0.05, 0) is 24.7 Å². The van der Waals surface area contributed by atoms with E-state index in [-0.39, 0.29) is 0 Å². The Balaban J connectivity index is 1.64. The van der Waals surface area contributed by atoms with Crippen LogP contribution in [-0.4, -0.2) is 73.5 Å². The van der Waals surface area contributed by atoms with Gasteiger partial charge in [-0.15, -0.1) is 0 Å². The number of carbonyl (C=O) groups is 1. The topological polar surface area (TPSA) is 26.8 Å². The number of carbonyl (C=O) groups excluding carboxylic acids is 1. The van der Waals surface area contributed by atoms with E-state index in [1.165, 1.54) is 52.1 Å². The summed E-state index contributed by atoms with van der Waals surface area (Å²) in [7, 11) is 0. The molecule has 0 N–H and O–H groups in total. The predicted molar refractivity (Wildman–Crippen MR) is 78.1 cm³/mol. The molecule has 2 fully saturated rings. The zero-order valence-corrected chi connectivity index (χ0v) is 12.6. The van der Waals surface area contributed by atoms with Crippen molar-refractivity contribution in [1.82, 2.24) is 14.7 Å². The summed E-state index contributed by atoms with van der Waals surface area (Å²) in [6.07, 6.45) is 3.37. The molecule has 2 rings (SSSR count). The second kappa shape index (κ2) is 7.25. The molecule has 0 bridgehead atoms. The van der Waals surface area contributed by atoms with Crippen molar-refractivity contribution < 1.29 is 4.79 Å². The minimum atomic E-state index is 0.777. The van der Waals surface area contributed by atoms with Gasteiger partial charge < -0.3 is 14.7 Å². The molecule has 2 aliphatic heterocycles. The monoisotopic (exact) mass is 267 g/mol. The van der Waals surface area contributed by atoms with Crippen molar-refractivity contribution in [1.29, 1.82) is 0 Å². The van der Waals surface area contributed by atoms with Gasteiger partial charge in [-0.2, -0.15) is 0 Å². The SMILES string of the molecule is CC(C)CN1CCN(CC2CCN(C=O)CC2)CC1. The third-order valence-corrected chi connectivity index (χ3v) is 4.40. The van der Waals surface area contributed by atoms with Crippen LogP contribution in [0.4, 0.5) is 0 Å². The molecule has 19 heavy (non-hydrogen) atoms. The molecule has 0 spiro atoms. The zero-order chi connectivity index (χ0) is 13.7. The van der Waals surface area contributed by atoms with Gasteiger partial charge in [-0.1, -0.05) is 13.8 Å². The van der Waals surface area contributed by atoms with Gasteiger partial charge >= 0.3 is 0 Å². The van der Waals surface area contributed by atoms with Crippen LogP contribution >= 0.6 is 0 Å². The van der Waals surface area contributed by atoms with E-state index >= 15 is 0 Å². The number of rotatable bonds is 5. The van der Waals surface area contributed by atoms with Crippen molar-refractivity contribution in [2.75, 3.05) is 52.4 Å². The summed E-state index contributed by atoms with van der Waals surface area (Å²) in [6, 6.07) is 0. The van der Waals surface area contributed by atoms with Gasteiger partial charge in [0.2, 0.25) is 6.41 Å². The molecule has 0 aromatic heterocycles. The molecule has 2 saturated heterocycles. The Hall–Kier alpha value is -0.610. The van der Waals surface area contributed by atoms with Crippen molar-refractivity contribution in [3.05, 3.63) is 0 Å². The van der Waals surface area contributed by atoms with E-state index in [2.05, 4.69) is 23.6 Å². The summed E-state index contributed by atoms with van der Waals surface area (Å²) < 4.78 is 0. The number of piperazine rings is 1. The molecule has 0 atom stereocenters. The van der Waals surface area contributed by atoms with Gasteiger partial charge in [0.25, 0.3) is 0 Å². The largest absolute Gasteiger partial charge is 0.345 e. The van der Waals surface area contributed by atoms with E-state index in [1.807, 2.05) is 4.90 Å². The molecule has 0 aliphatic carbocycles. The van der Waals surface area contributed by atoms with Crippen LogP contribution in [0.5, 0.6) is 0 Å². The first-order valence-corrected chi connectivity index (χ1v) is 7.81. The number of hydrogen-bond donors (Lipinski definition) is 0. The molecule has 4 nitrogen and oxygen atoms in total. The van der Waals surface area contributed by atoms with E-state index in [4.69, 9.17) is 0 Å². The van der Waals surface area contributed by atoms with Crippen molar-refractivity contribution >= 4 is 6.41 Å². The third-order valence-electron chi connectivity index (χ3n) is 4.40. The van der Waals surface area contributed by atoms with Crippen molar-refractivity contribution in [3.8, 4) is 0 Å². The number of nitrogens with zero attached hydrogens (tertiary/aromatic N) is 3. The lowest BCUT2D eigenvalue weighted by atomic mass is 9.96. The maximum Gasteiger partial charge on any atom is 0.209 e. The quantitative estimate of drug-likeness (QED) is 0.699. The van der Waals surface area contributed by atoms with E-state index in [0.29, 0.717) is 0 Å². The fraction of sp³-hybridized carbons (Fsp3) is 0.933. The summed E-state index contributed by atoms with van der Waals surface area (Å²) in [6.45, 7) is 13.9. The highest BCUT2D eigenvalue weighted by atomic mass is 16.1. The lowest BCUT2D eigenvalue weighted by Gasteiger charge is -2.38. The molecular formula is C15H29N3O. The molecule has 2 aliphatic rings. The minimum absolute atomic E-state index is 0.777. The van der Waals surface area contributed by atoms with Crippen LogP contribution in [0.1, 0.15) is 26.7 Å². The zero-order valence-electron chi connectivity index (χ0n) is 12.6. The molecule has 4 heteroatoms. The molecule has 0 aromatic carbocycles. The maximum atomic E-state index is 10.7. The molecule has 0 aromatic rings. The molecular weight excluding hydrogens is 238 g/mol. The van der Waals surface area contributed by atoms with Gasteiger partial charge in [-0.25, -0.2) is 0 Å². The Bertz CT molecular complexity index is 267. The van der Waals surface area contributed by atoms with Gasteiger partial charge in [0.15, 0.2) is 0 Å². The number of piperidine rings is 1. The van der Waals surface area contributed by atoms with Crippen molar-refractivity contribution in [2.24, 2.45) is 11.8 Å². The number of hydrogen-bond acceptors (Lipinski definition) is 3. The smallest absolute Gasteiger partial charge is 0.209 e. The normalized spacial score (nSPS) is 24.1. The van der Waals surface area contributed by atoms with E-state index in [1.54, 1.807) is 0 Å².